The summed E-state index contributed by atoms with van der Waals surface area (Å²) in [6, 6.07) is 5.57. The van der Waals surface area contributed by atoms with Crippen molar-refractivity contribution in [2.75, 3.05) is 5.32 Å². The summed E-state index contributed by atoms with van der Waals surface area (Å²) in [7, 11) is 0. The standard InChI is InChI=1S/C17H24N2O2/c1-11(2)5-4-6-12(3)18-17(21)14-8-7-13-10-16(20)19-15(13)9-14/h7-9,11-12H,4-6,10H2,1-3H3,(H,18,21)(H,19,20). The summed E-state index contributed by atoms with van der Waals surface area (Å²) in [6.07, 6.45) is 3.71. The highest BCUT2D eigenvalue weighted by Gasteiger charge is 2.19. The lowest BCUT2D eigenvalue weighted by Gasteiger charge is -2.15. The van der Waals surface area contributed by atoms with E-state index >= 15 is 0 Å². The second-order valence-electron chi connectivity index (χ2n) is 6.30. The Kier molecular flexibility index (Phi) is 4.99. The quantitative estimate of drug-likeness (QED) is 0.845. The van der Waals surface area contributed by atoms with Gasteiger partial charge < -0.3 is 10.6 Å². The first-order chi connectivity index (χ1) is 9.95. The van der Waals surface area contributed by atoms with E-state index in [2.05, 4.69) is 24.5 Å². The number of fused-ring (bicyclic) bond motifs is 1. The van der Waals surface area contributed by atoms with Crippen molar-refractivity contribution >= 4 is 17.5 Å². The average molecular weight is 288 g/mol. The maximum Gasteiger partial charge on any atom is 0.251 e. The molecule has 1 aliphatic heterocycles. The molecule has 114 valence electrons. The third-order valence-corrected chi connectivity index (χ3v) is 3.79. The van der Waals surface area contributed by atoms with Gasteiger partial charge >= 0.3 is 0 Å². The number of nitrogens with one attached hydrogen (secondary N) is 2. The highest BCUT2D eigenvalue weighted by molar-refractivity contribution is 6.02. The molecule has 0 aromatic heterocycles. The maximum atomic E-state index is 12.2. The largest absolute Gasteiger partial charge is 0.350 e. The van der Waals surface area contributed by atoms with Crippen molar-refractivity contribution in [3.8, 4) is 0 Å². The number of benzene rings is 1. The van der Waals surface area contributed by atoms with Crippen LogP contribution < -0.4 is 10.6 Å². The second-order valence-corrected chi connectivity index (χ2v) is 6.30. The van der Waals surface area contributed by atoms with Crippen molar-refractivity contribution in [1.82, 2.24) is 5.32 Å². The molecular formula is C17H24N2O2. The molecule has 1 heterocycles. The van der Waals surface area contributed by atoms with Crippen molar-refractivity contribution in [1.29, 1.82) is 0 Å². The first-order valence-electron chi connectivity index (χ1n) is 7.69. The molecule has 0 bridgehead atoms. The van der Waals surface area contributed by atoms with Crippen LogP contribution in [0.15, 0.2) is 18.2 Å². The minimum Gasteiger partial charge on any atom is -0.350 e. The minimum absolute atomic E-state index is 0.00962. The minimum atomic E-state index is -0.0732. The van der Waals surface area contributed by atoms with Crippen molar-refractivity contribution < 1.29 is 9.59 Å². The van der Waals surface area contributed by atoms with Gasteiger partial charge in [-0.15, -0.1) is 0 Å². The van der Waals surface area contributed by atoms with Crippen LogP contribution in [0.5, 0.6) is 0 Å². The van der Waals surface area contributed by atoms with Crippen molar-refractivity contribution in [2.45, 2.75) is 52.5 Å². The summed E-state index contributed by atoms with van der Waals surface area (Å²) in [5.74, 6) is 0.619. The van der Waals surface area contributed by atoms with Gasteiger partial charge in [0.25, 0.3) is 5.91 Å². The summed E-state index contributed by atoms with van der Waals surface area (Å²) in [5.41, 5.74) is 2.33. The van der Waals surface area contributed by atoms with E-state index in [1.54, 1.807) is 12.1 Å². The Morgan fingerprint density at radius 3 is 2.76 bits per heavy atom. The van der Waals surface area contributed by atoms with E-state index in [0.717, 1.165) is 24.1 Å². The first-order valence-corrected chi connectivity index (χ1v) is 7.69. The fraction of sp³-hybridized carbons (Fsp3) is 0.529. The summed E-state index contributed by atoms with van der Waals surface area (Å²) in [4.78, 5) is 23.5. The topological polar surface area (TPSA) is 58.2 Å². The van der Waals surface area contributed by atoms with Crippen molar-refractivity contribution in [2.24, 2.45) is 5.92 Å². The van der Waals surface area contributed by atoms with Crippen LogP contribution in [0, 0.1) is 5.92 Å². The fourth-order valence-corrected chi connectivity index (χ4v) is 2.57. The summed E-state index contributed by atoms with van der Waals surface area (Å²) >= 11 is 0. The molecule has 4 heteroatoms. The molecule has 1 aromatic carbocycles. The Hall–Kier alpha value is -1.84. The molecule has 4 nitrogen and oxygen atoms in total. The Balaban J connectivity index is 1.89. The zero-order chi connectivity index (χ0) is 15.4. The number of amides is 2. The average Bonchev–Trinajstić information content (AvgIpc) is 2.76. The second kappa shape index (κ2) is 6.74. The third-order valence-electron chi connectivity index (χ3n) is 3.79. The van der Waals surface area contributed by atoms with E-state index in [-0.39, 0.29) is 17.9 Å². The van der Waals surface area contributed by atoms with Gasteiger partial charge in [0.1, 0.15) is 0 Å². The van der Waals surface area contributed by atoms with Crippen LogP contribution in [0.2, 0.25) is 0 Å². The van der Waals surface area contributed by atoms with E-state index < -0.39 is 0 Å². The molecule has 2 rings (SSSR count). The summed E-state index contributed by atoms with van der Waals surface area (Å²) < 4.78 is 0. The zero-order valence-electron chi connectivity index (χ0n) is 13.0. The normalized spacial score (nSPS) is 14.8. The SMILES string of the molecule is CC(C)CCCC(C)NC(=O)c1ccc2c(c1)NC(=O)C2. The molecule has 0 spiro atoms. The van der Waals surface area contributed by atoms with Gasteiger partial charge in [0.2, 0.25) is 5.91 Å². The van der Waals surface area contributed by atoms with Crippen LogP contribution >= 0.6 is 0 Å². The molecule has 0 fully saturated rings. The smallest absolute Gasteiger partial charge is 0.251 e. The van der Waals surface area contributed by atoms with E-state index in [1.807, 2.05) is 13.0 Å². The molecule has 1 atom stereocenters. The van der Waals surface area contributed by atoms with Crippen molar-refractivity contribution in [3.05, 3.63) is 29.3 Å². The molecule has 0 radical (unpaired) electrons. The summed E-state index contributed by atoms with van der Waals surface area (Å²) in [6.45, 7) is 6.46. The number of anilines is 1. The molecule has 1 aromatic rings. The number of hydrogen-bond acceptors (Lipinski definition) is 2. The Labute approximate surface area is 126 Å². The third kappa shape index (κ3) is 4.31. The first kappa shape index (κ1) is 15.5. The zero-order valence-corrected chi connectivity index (χ0v) is 13.0. The Morgan fingerprint density at radius 2 is 2.05 bits per heavy atom. The molecule has 21 heavy (non-hydrogen) atoms. The predicted molar refractivity (Wildman–Crippen MR) is 84.4 cm³/mol. The lowest BCUT2D eigenvalue weighted by atomic mass is 10.0. The van der Waals surface area contributed by atoms with Gasteiger partial charge in [-0.25, -0.2) is 0 Å². The lowest BCUT2D eigenvalue weighted by Crippen LogP contribution is -2.32. The molecule has 1 unspecified atom stereocenters. The number of hydrogen-bond donors (Lipinski definition) is 2. The highest BCUT2D eigenvalue weighted by Crippen LogP contribution is 2.24. The van der Waals surface area contributed by atoms with Crippen LogP contribution in [0.1, 0.15) is 56.0 Å². The van der Waals surface area contributed by atoms with Gasteiger partial charge in [0.15, 0.2) is 0 Å². The molecular weight excluding hydrogens is 264 g/mol. The van der Waals surface area contributed by atoms with Gasteiger partial charge in [-0.2, -0.15) is 0 Å². The molecule has 0 saturated carbocycles. The number of carbonyl (C=O) groups is 2. The van der Waals surface area contributed by atoms with Crippen LogP contribution in [0.25, 0.3) is 0 Å². The van der Waals surface area contributed by atoms with Crippen LogP contribution in [-0.4, -0.2) is 17.9 Å². The number of rotatable bonds is 6. The fourth-order valence-electron chi connectivity index (χ4n) is 2.57. The van der Waals surface area contributed by atoms with Gasteiger partial charge in [-0.3, -0.25) is 9.59 Å². The summed E-state index contributed by atoms with van der Waals surface area (Å²) in [5, 5.41) is 5.79. The predicted octanol–water partition coefficient (Wildman–Crippen LogP) is 3.13. The Morgan fingerprint density at radius 1 is 1.29 bits per heavy atom. The van der Waals surface area contributed by atoms with E-state index in [4.69, 9.17) is 0 Å². The van der Waals surface area contributed by atoms with E-state index in [9.17, 15) is 9.59 Å². The molecule has 2 amide bonds. The maximum absolute atomic E-state index is 12.2. The van der Waals surface area contributed by atoms with E-state index in [0.29, 0.717) is 17.9 Å². The molecule has 1 aliphatic rings. The monoisotopic (exact) mass is 288 g/mol. The molecule has 0 saturated heterocycles. The van der Waals surface area contributed by atoms with Crippen LogP contribution in [0.4, 0.5) is 5.69 Å². The van der Waals surface area contributed by atoms with Gasteiger partial charge in [-0.05, 0) is 37.0 Å². The van der Waals surface area contributed by atoms with Gasteiger partial charge in [-0.1, -0.05) is 32.8 Å². The van der Waals surface area contributed by atoms with Crippen molar-refractivity contribution in [3.63, 3.8) is 0 Å². The highest BCUT2D eigenvalue weighted by atomic mass is 16.2. The molecule has 0 aliphatic carbocycles. The van der Waals surface area contributed by atoms with Crippen LogP contribution in [0.3, 0.4) is 0 Å². The lowest BCUT2D eigenvalue weighted by molar-refractivity contribution is -0.115. The van der Waals surface area contributed by atoms with Crippen LogP contribution in [-0.2, 0) is 11.2 Å². The Bertz CT molecular complexity index is 538. The van der Waals surface area contributed by atoms with Gasteiger partial charge in [0.05, 0.1) is 6.42 Å². The number of carbonyl (C=O) groups excluding carboxylic acids is 2. The van der Waals surface area contributed by atoms with Gasteiger partial charge in [0, 0.05) is 17.3 Å². The van der Waals surface area contributed by atoms with E-state index in [1.165, 1.54) is 6.42 Å². The molecule has 2 N–H and O–H groups in total.